The number of sulfonamides is 1. The first-order valence-electron chi connectivity index (χ1n) is 10.4. The minimum Gasteiger partial charge on any atom is -0.493 e. The van der Waals surface area contributed by atoms with Gasteiger partial charge in [-0.15, -0.1) is 18.1 Å². The van der Waals surface area contributed by atoms with Gasteiger partial charge in [0.15, 0.2) is 11.5 Å². The summed E-state index contributed by atoms with van der Waals surface area (Å²) in [7, 11) is -1.66. The summed E-state index contributed by atoms with van der Waals surface area (Å²) < 4.78 is 79.2. The van der Waals surface area contributed by atoms with Crippen LogP contribution in [0.15, 0.2) is 46.6 Å². The van der Waals surface area contributed by atoms with Gasteiger partial charge in [0.05, 0.1) is 24.4 Å². The topological polar surface area (TPSA) is 127 Å². The van der Waals surface area contributed by atoms with Crippen molar-refractivity contribution in [3.63, 3.8) is 0 Å². The van der Waals surface area contributed by atoms with Gasteiger partial charge in [-0.05, 0) is 29.8 Å². The summed E-state index contributed by atoms with van der Waals surface area (Å²) in [5, 5.41) is 2.33. The first-order chi connectivity index (χ1) is 17.0. The average Bonchev–Trinajstić information content (AvgIpc) is 2.83. The zero-order valence-corrected chi connectivity index (χ0v) is 20.1. The number of alkyl halides is 3. The van der Waals surface area contributed by atoms with Gasteiger partial charge in [-0.1, -0.05) is 12.1 Å². The van der Waals surface area contributed by atoms with E-state index in [0.717, 1.165) is 5.56 Å². The third kappa shape index (κ3) is 6.22. The SMILES string of the molecule is COc1ccc(S(=O)(=O)N2CCN(Cc3ccc(OC(F)(F)F)cc3)CC2)c(C(=O)NN=O)c1OC. The van der Waals surface area contributed by atoms with Crippen LogP contribution < -0.4 is 19.6 Å². The van der Waals surface area contributed by atoms with E-state index in [0.29, 0.717) is 19.6 Å². The lowest BCUT2D eigenvalue weighted by Crippen LogP contribution is -2.48. The van der Waals surface area contributed by atoms with E-state index in [9.17, 15) is 31.3 Å². The van der Waals surface area contributed by atoms with Gasteiger partial charge in [0.2, 0.25) is 10.0 Å². The molecule has 196 valence electrons. The zero-order chi connectivity index (χ0) is 26.5. The molecule has 0 aromatic heterocycles. The molecule has 1 amide bonds. The summed E-state index contributed by atoms with van der Waals surface area (Å²) in [4.78, 5) is 24.6. The molecule has 2 aromatic carbocycles. The number of carbonyl (C=O) groups is 1. The van der Waals surface area contributed by atoms with E-state index in [-0.39, 0.29) is 35.2 Å². The average molecular weight is 532 g/mol. The second kappa shape index (κ2) is 11.1. The molecular formula is C21H23F3N4O7S. The van der Waals surface area contributed by atoms with Gasteiger partial charge in [-0.3, -0.25) is 9.69 Å². The molecular weight excluding hydrogens is 509 g/mol. The van der Waals surface area contributed by atoms with Gasteiger partial charge in [-0.25, -0.2) is 13.8 Å². The summed E-state index contributed by atoms with van der Waals surface area (Å²) in [6.07, 6.45) is -4.78. The zero-order valence-electron chi connectivity index (χ0n) is 19.2. The monoisotopic (exact) mass is 532 g/mol. The Morgan fingerprint density at radius 1 is 1.03 bits per heavy atom. The molecule has 0 saturated carbocycles. The van der Waals surface area contributed by atoms with E-state index in [4.69, 9.17) is 9.47 Å². The van der Waals surface area contributed by atoms with Crippen LogP contribution in [0.4, 0.5) is 13.2 Å². The number of benzene rings is 2. The van der Waals surface area contributed by atoms with Crippen LogP contribution in [0.2, 0.25) is 0 Å². The van der Waals surface area contributed by atoms with Crippen LogP contribution in [-0.4, -0.2) is 70.3 Å². The molecule has 0 spiro atoms. The lowest BCUT2D eigenvalue weighted by Gasteiger charge is -2.34. The minimum atomic E-state index is -4.78. The molecule has 0 aliphatic carbocycles. The quantitative estimate of drug-likeness (QED) is 0.386. The van der Waals surface area contributed by atoms with Crippen LogP contribution in [-0.2, 0) is 16.6 Å². The van der Waals surface area contributed by atoms with Gasteiger partial charge < -0.3 is 14.2 Å². The number of nitrogens with one attached hydrogen (secondary N) is 1. The maximum Gasteiger partial charge on any atom is 0.573 e. The number of carbonyl (C=O) groups excluding carboxylic acids is 1. The highest BCUT2D eigenvalue weighted by Crippen LogP contribution is 2.37. The maximum atomic E-state index is 13.4. The van der Waals surface area contributed by atoms with Crippen LogP contribution >= 0.6 is 0 Å². The van der Waals surface area contributed by atoms with Crippen molar-refractivity contribution in [3.05, 3.63) is 52.4 Å². The number of amides is 1. The number of rotatable bonds is 9. The highest BCUT2D eigenvalue weighted by atomic mass is 32.2. The molecule has 1 heterocycles. The maximum absolute atomic E-state index is 13.4. The molecule has 0 bridgehead atoms. The van der Waals surface area contributed by atoms with Crippen LogP contribution in [0.1, 0.15) is 15.9 Å². The predicted molar refractivity (Wildman–Crippen MR) is 120 cm³/mol. The van der Waals surface area contributed by atoms with Gasteiger partial charge in [0.1, 0.15) is 11.3 Å². The molecule has 1 aliphatic rings. The minimum absolute atomic E-state index is 0.0823. The number of methoxy groups -OCH3 is 2. The van der Waals surface area contributed by atoms with E-state index in [2.05, 4.69) is 10.0 Å². The molecule has 3 rings (SSSR count). The standard InChI is InChI=1S/C21H23F3N4O7S/c1-33-16-7-8-17(18(19(16)34-2)20(29)25-26-30)36(31,32)28-11-9-27(10-12-28)13-14-3-5-15(6-4-14)35-21(22,23)24/h3-8H,9-13H2,1-2H3,(H,25,29,30). The molecule has 1 N–H and O–H groups in total. The van der Waals surface area contributed by atoms with Crippen molar-refractivity contribution >= 4 is 15.9 Å². The van der Waals surface area contributed by atoms with E-state index in [1.807, 2.05) is 4.90 Å². The summed E-state index contributed by atoms with van der Waals surface area (Å²) in [5.41, 5.74) is 1.99. The second-order valence-electron chi connectivity index (χ2n) is 7.58. The summed E-state index contributed by atoms with van der Waals surface area (Å²) >= 11 is 0. The van der Waals surface area contributed by atoms with Crippen molar-refractivity contribution in [2.24, 2.45) is 5.29 Å². The fourth-order valence-electron chi connectivity index (χ4n) is 3.76. The van der Waals surface area contributed by atoms with E-state index >= 15 is 0 Å². The van der Waals surface area contributed by atoms with E-state index in [1.54, 1.807) is 5.43 Å². The Morgan fingerprint density at radius 3 is 2.19 bits per heavy atom. The summed E-state index contributed by atoms with van der Waals surface area (Å²) in [6, 6.07) is 7.94. The predicted octanol–water partition coefficient (Wildman–Crippen LogP) is 2.52. The van der Waals surface area contributed by atoms with Crippen molar-refractivity contribution in [2.75, 3.05) is 40.4 Å². The number of nitrogens with zero attached hydrogens (tertiary/aromatic N) is 3. The van der Waals surface area contributed by atoms with Gasteiger partial charge in [0.25, 0.3) is 5.91 Å². The normalized spacial score (nSPS) is 15.2. The highest BCUT2D eigenvalue weighted by Gasteiger charge is 2.35. The Hall–Kier alpha value is -3.43. The van der Waals surface area contributed by atoms with Crippen LogP contribution in [0.5, 0.6) is 17.2 Å². The number of hydrogen-bond acceptors (Lipinski definition) is 9. The summed E-state index contributed by atoms with van der Waals surface area (Å²) in [6.45, 7) is 1.20. The first kappa shape index (κ1) is 27.2. The van der Waals surface area contributed by atoms with Crippen LogP contribution in [0, 0.1) is 4.91 Å². The number of hydrogen-bond donors (Lipinski definition) is 1. The fraction of sp³-hybridized carbons (Fsp3) is 0.381. The first-order valence-corrected chi connectivity index (χ1v) is 11.9. The molecule has 2 aromatic rings. The Bertz CT molecular complexity index is 1200. The molecule has 1 saturated heterocycles. The Morgan fingerprint density at radius 2 is 1.67 bits per heavy atom. The number of halogens is 3. The van der Waals surface area contributed by atoms with Crippen molar-refractivity contribution in [3.8, 4) is 17.2 Å². The van der Waals surface area contributed by atoms with Gasteiger partial charge >= 0.3 is 6.36 Å². The third-order valence-electron chi connectivity index (χ3n) is 5.39. The van der Waals surface area contributed by atoms with Crippen molar-refractivity contribution in [2.45, 2.75) is 17.8 Å². The van der Waals surface area contributed by atoms with Gasteiger partial charge in [-0.2, -0.15) is 4.31 Å². The number of ether oxygens (including phenoxy) is 3. The molecule has 36 heavy (non-hydrogen) atoms. The highest BCUT2D eigenvalue weighted by molar-refractivity contribution is 7.89. The lowest BCUT2D eigenvalue weighted by atomic mass is 10.1. The molecule has 15 heteroatoms. The number of nitroso groups, excluding NO2 is 1. The largest absolute Gasteiger partial charge is 0.573 e. The van der Waals surface area contributed by atoms with Crippen LogP contribution in [0.3, 0.4) is 0 Å². The van der Waals surface area contributed by atoms with E-state index < -0.39 is 27.9 Å². The molecule has 0 radical (unpaired) electrons. The molecule has 0 atom stereocenters. The van der Waals surface area contributed by atoms with Crippen molar-refractivity contribution in [1.82, 2.24) is 14.6 Å². The molecule has 11 nitrogen and oxygen atoms in total. The molecule has 1 fully saturated rings. The van der Waals surface area contributed by atoms with Crippen molar-refractivity contribution < 1.29 is 40.6 Å². The fourth-order valence-corrected chi connectivity index (χ4v) is 5.36. The molecule has 0 unspecified atom stereocenters. The van der Waals surface area contributed by atoms with E-state index in [1.165, 1.54) is 54.9 Å². The third-order valence-corrected chi connectivity index (χ3v) is 7.33. The smallest absolute Gasteiger partial charge is 0.493 e. The second-order valence-corrected chi connectivity index (χ2v) is 9.48. The Balaban J connectivity index is 1.75. The Kier molecular flexibility index (Phi) is 8.37. The van der Waals surface area contributed by atoms with Gasteiger partial charge in [0, 0.05) is 32.7 Å². The molecule has 1 aliphatic heterocycles. The summed E-state index contributed by atoms with van der Waals surface area (Å²) in [5.74, 6) is -1.49. The number of piperazine rings is 1. The lowest BCUT2D eigenvalue weighted by molar-refractivity contribution is -0.274. The van der Waals surface area contributed by atoms with Crippen LogP contribution in [0.25, 0.3) is 0 Å². The van der Waals surface area contributed by atoms with Crippen molar-refractivity contribution in [1.29, 1.82) is 0 Å². The Labute approximate surface area is 204 Å².